The summed E-state index contributed by atoms with van der Waals surface area (Å²) in [5.74, 6) is -0.189. The second kappa shape index (κ2) is 4.65. The summed E-state index contributed by atoms with van der Waals surface area (Å²) in [6, 6.07) is 7.45. The lowest BCUT2D eigenvalue weighted by atomic mass is 10.3. The number of amides is 2. The Labute approximate surface area is 97.4 Å². The van der Waals surface area contributed by atoms with Gasteiger partial charge in [0.05, 0.1) is 17.6 Å². The number of hydrogen-bond donors (Lipinski definition) is 3. The van der Waals surface area contributed by atoms with Crippen molar-refractivity contribution in [2.24, 2.45) is 0 Å². The fourth-order valence-corrected chi connectivity index (χ4v) is 1.39. The third kappa shape index (κ3) is 2.81. The first-order chi connectivity index (χ1) is 8.15. The van der Waals surface area contributed by atoms with Crippen LogP contribution in [0.15, 0.2) is 24.3 Å². The average molecular weight is 232 g/mol. The quantitative estimate of drug-likeness (QED) is 0.725. The fourth-order valence-electron chi connectivity index (χ4n) is 1.39. The van der Waals surface area contributed by atoms with Gasteiger partial charge in [0.1, 0.15) is 0 Å². The van der Waals surface area contributed by atoms with Crippen molar-refractivity contribution in [3.05, 3.63) is 24.3 Å². The topological polar surface area (TPSA) is 86.9 Å². The van der Waals surface area contributed by atoms with E-state index in [1.54, 1.807) is 0 Å². The molecule has 0 fully saturated rings. The lowest BCUT2D eigenvalue weighted by Gasteiger charge is -2.01. The van der Waals surface area contributed by atoms with E-state index in [0.29, 0.717) is 5.95 Å². The molecule has 6 heteroatoms. The zero-order valence-electron chi connectivity index (χ0n) is 9.28. The maximum Gasteiger partial charge on any atom is 0.246 e. The predicted molar refractivity (Wildman–Crippen MR) is 63.4 cm³/mol. The number of hydrogen-bond acceptors (Lipinski definition) is 3. The van der Waals surface area contributed by atoms with Gasteiger partial charge in [-0.25, -0.2) is 4.98 Å². The number of nitrogens with zero attached hydrogens (tertiary/aromatic N) is 1. The molecule has 0 bridgehead atoms. The van der Waals surface area contributed by atoms with Crippen molar-refractivity contribution in [3.8, 4) is 0 Å². The van der Waals surface area contributed by atoms with Crippen LogP contribution >= 0.6 is 0 Å². The summed E-state index contributed by atoms with van der Waals surface area (Å²) in [5.41, 5.74) is 1.63. The molecule has 1 aromatic heterocycles. The molecular formula is C11H12N4O2. The van der Waals surface area contributed by atoms with Gasteiger partial charge in [0.15, 0.2) is 0 Å². The molecule has 0 atom stereocenters. The van der Waals surface area contributed by atoms with Gasteiger partial charge in [0, 0.05) is 6.92 Å². The Balaban J connectivity index is 2.03. The van der Waals surface area contributed by atoms with Crippen LogP contribution in [0.2, 0.25) is 0 Å². The third-order valence-corrected chi connectivity index (χ3v) is 2.15. The Hall–Kier alpha value is -2.37. The summed E-state index contributed by atoms with van der Waals surface area (Å²) in [6.45, 7) is 1.29. The first-order valence-corrected chi connectivity index (χ1v) is 5.14. The van der Waals surface area contributed by atoms with Crippen molar-refractivity contribution in [3.63, 3.8) is 0 Å². The van der Waals surface area contributed by atoms with Gasteiger partial charge in [-0.3, -0.25) is 14.9 Å². The maximum atomic E-state index is 11.4. The number of carbonyl (C=O) groups excluding carboxylic acids is 2. The number of imidazole rings is 1. The minimum Gasteiger partial charge on any atom is -0.347 e. The highest BCUT2D eigenvalue weighted by atomic mass is 16.2. The normalized spacial score (nSPS) is 10.2. The molecule has 2 amide bonds. The molecule has 0 aliphatic heterocycles. The molecule has 6 nitrogen and oxygen atoms in total. The van der Waals surface area contributed by atoms with E-state index in [2.05, 4.69) is 20.6 Å². The van der Waals surface area contributed by atoms with Gasteiger partial charge in [0.2, 0.25) is 17.8 Å². The smallest absolute Gasteiger partial charge is 0.246 e. The molecular weight excluding hydrogens is 220 g/mol. The summed E-state index contributed by atoms with van der Waals surface area (Å²) >= 11 is 0. The van der Waals surface area contributed by atoms with Gasteiger partial charge in [0.25, 0.3) is 0 Å². The Morgan fingerprint density at radius 1 is 1.35 bits per heavy atom. The van der Waals surface area contributed by atoms with E-state index in [1.165, 1.54) is 6.92 Å². The third-order valence-electron chi connectivity index (χ3n) is 2.15. The zero-order valence-corrected chi connectivity index (χ0v) is 9.28. The summed E-state index contributed by atoms with van der Waals surface area (Å²) < 4.78 is 0. The summed E-state index contributed by atoms with van der Waals surface area (Å²) in [6.07, 6.45) is 0. The average Bonchev–Trinajstić information content (AvgIpc) is 2.68. The van der Waals surface area contributed by atoms with Crippen LogP contribution in [0.25, 0.3) is 11.0 Å². The molecule has 1 heterocycles. The Bertz CT molecular complexity index is 528. The molecule has 0 radical (unpaired) electrons. The lowest BCUT2D eigenvalue weighted by molar-refractivity contribution is -0.122. The van der Waals surface area contributed by atoms with Gasteiger partial charge >= 0.3 is 0 Å². The monoisotopic (exact) mass is 232 g/mol. The molecule has 0 aliphatic rings. The number of anilines is 1. The van der Waals surface area contributed by atoms with Gasteiger partial charge in [-0.05, 0) is 12.1 Å². The first-order valence-electron chi connectivity index (χ1n) is 5.14. The van der Waals surface area contributed by atoms with Gasteiger partial charge in [-0.15, -0.1) is 0 Å². The molecule has 0 aliphatic carbocycles. The fraction of sp³-hybridized carbons (Fsp3) is 0.182. The standard InChI is InChI=1S/C11H12N4O2/c1-7(16)12-6-10(17)15-11-13-8-4-2-3-5-9(8)14-11/h2-5H,6H2,1H3,(H,12,16)(H2,13,14,15,17). The van der Waals surface area contributed by atoms with Gasteiger partial charge in [-0.2, -0.15) is 0 Å². The molecule has 2 rings (SSSR count). The predicted octanol–water partition coefficient (Wildman–Crippen LogP) is 0.637. The van der Waals surface area contributed by atoms with Gasteiger partial charge < -0.3 is 10.3 Å². The van der Waals surface area contributed by atoms with Crippen molar-refractivity contribution in [1.29, 1.82) is 0 Å². The maximum absolute atomic E-state index is 11.4. The van der Waals surface area contributed by atoms with E-state index in [0.717, 1.165) is 11.0 Å². The second-order valence-electron chi connectivity index (χ2n) is 3.56. The van der Waals surface area contributed by atoms with E-state index in [-0.39, 0.29) is 18.4 Å². The first kappa shape index (κ1) is 11.1. The number of fused-ring (bicyclic) bond motifs is 1. The Morgan fingerprint density at radius 2 is 2.12 bits per heavy atom. The Morgan fingerprint density at radius 3 is 2.82 bits per heavy atom. The van der Waals surface area contributed by atoms with Crippen LogP contribution in [0.1, 0.15) is 6.92 Å². The van der Waals surface area contributed by atoms with E-state index in [4.69, 9.17) is 0 Å². The number of benzene rings is 1. The van der Waals surface area contributed by atoms with Gasteiger partial charge in [-0.1, -0.05) is 12.1 Å². The van der Waals surface area contributed by atoms with E-state index < -0.39 is 0 Å². The van der Waals surface area contributed by atoms with E-state index in [1.807, 2.05) is 24.3 Å². The van der Waals surface area contributed by atoms with E-state index >= 15 is 0 Å². The van der Waals surface area contributed by atoms with Crippen LogP contribution in [0.5, 0.6) is 0 Å². The van der Waals surface area contributed by atoms with Crippen molar-refractivity contribution >= 4 is 28.8 Å². The number of H-pyrrole nitrogens is 1. The summed E-state index contributed by atoms with van der Waals surface area (Å²) in [4.78, 5) is 29.2. The highest BCUT2D eigenvalue weighted by Crippen LogP contribution is 2.12. The summed E-state index contributed by atoms with van der Waals surface area (Å²) in [5, 5.41) is 4.97. The number of aromatic amines is 1. The van der Waals surface area contributed by atoms with Crippen LogP contribution in [-0.2, 0) is 9.59 Å². The lowest BCUT2D eigenvalue weighted by Crippen LogP contribution is -2.31. The van der Waals surface area contributed by atoms with Crippen LogP contribution < -0.4 is 10.6 Å². The number of carbonyl (C=O) groups is 2. The number of nitrogens with one attached hydrogen (secondary N) is 3. The minimum absolute atomic E-state index is 0.0631. The number of aromatic nitrogens is 2. The van der Waals surface area contributed by atoms with Crippen LogP contribution in [-0.4, -0.2) is 28.3 Å². The summed E-state index contributed by atoms with van der Waals surface area (Å²) in [7, 11) is 0. The molecule has 0 saturated heterocycles. The molecule has 88 valence electrons. The molecule has 0 unspecified atom stereocenters. The molecule has 1 aromatic carbocycles. The van der Waals surface area contributed by atoms with Crippen molar-refractivity contribution in [2.75, 3.05) is 11.9 Å². The van der Waals surface area contributed by atoms with Crippen molar-refractivity contribution < 1.29 is 9.59 Å². The Kier molecular flexibility index (Phi) is 3.04. The van der Waals surface area contributed by atoms with E-state index in [9.17, 15) is 9.59 Å². The van der Waals surface area contributed by atoms with Crippen LogP contribution in [0, 0.1) is 0 Å². The van der Waals surface area contributed by atoms with Crippen LogP contribution in [0.3, 0.4) is 0 Å². The molecule has 3 N–H and O–H groups in total. The van der Waals surface area contributed by atoms with Crippen molar-refractivity contribution in [1.82, 2.24) is 15.3 Å². The van der Waals surface area contributed by atoms with Crippen LogP contribution in [0.4, 0.5) is 5.95 Å². The number of para-hydroxylation sites is 2. The highest BCUT2D eigenvalue weighted by molar-refractivity contribution is 5.94. The zero-order chi connectivity index (χ0) is 12.3. The second-order valence-corrected chi connectivity index (χ2v) is 3.56. The minimum atomic E-state index is -0.320. The number of rotatable bonds is 3. The largest absolute Gasteiger partial charge is 0.347 e. The SMILES string of the molecule is CC(=O)NCC(=O)Nc1nc2ccccc2[nH]1. The molecule has 0 spiro atoms. The molecule has 17 heavy (non-hydrogen) atoms. The molecule has 2 aromatic rings. The van der Waals surface area contributed by atoms with Crippen molar-refractivity contribution in [2.45, 2.75) is 6.92 Å². The molecule has 0 saturated carbocycles. The highest BCUT2D eigenvalue weighted by Gasteiger charge is 2.06.